The fourth-order valence-corrected chi connectivity index (χ4v) is 2.19. The van der Waals surface area contributed by atoms with Crippen LogP contribution in [0.4, 0.5) is 14.9 Å². The van der Waals surface area contributed by atoms with E-state index in [2.05, 4.69) is 5.32 Å². The van der Waals surface area contributed by atoms with Crippen LogP contribution in [0.5, 0.6) is 0 Å². The van der Waals surface area contributed by atoms with Crippen molar-refractivity contribution in [1.82, 2.24) is 4.90 Å². The molecular formula is C13H16ClFN2O2. The summed E-state index contributed by atoms with van der Waals surface area (Å²) in [4.78, 5) is 13.5. The third-order valence-electron chi connectivity index (χ3n) is 3.38. The Kier molecular flexibility index (Phi) is 4.27. The van der Waals surface area contributed by atoms with Gasteiger partial charge in [-0.2, -0.15) is 0 Å². The van der Waals surface area contributed by atoms with Gasteiger partial charge < -0.3 is 15.3 Å². The molecule has 0 aliphatic carbocycles. The van der Waals surface area contributed by atoms with E-state index in [0.717, 1.165) is 6.42 Å². The Labute approximate surface area is 116 Å². The van der Waals surface area contributed by atoms with E-state index in [1.807, 2.05) is 6.92 Å². The van der Waals surface area contributed by atoms with Crippen molar-refractivity contribution in [2.75, 3.05) is 18.4 Å². The molecule has 2 rings (SSSR count). The van der Waals surface area contributed by atoms with E-state index in [9.17, 15) is 14.3 Å². The van der Waals surface area contributed by atoms with Crippen LogP contribution in [0.2, 0.25) is 5.02 Å². The zero-order valence-electron chi connectivity index (χ0n) is 10.6. The molecule has 6 heteroatoms. The molecule has 0 aromatic heterocycles. The van der Waals surface area contributed by atoms with Gasteiger partial charge in [-0.05, 0) is 30.5 Å². The molecule has 19 heavy (non-hydrogen) atoms. The van der Waals surface area contributed by atoms with E-state index in [4.69, 9.17) is 11.6 Å². The third kappa shape index (κ3) is 3.36. The first kappa shape index (κ1) is 14.1. The number of carbonyl (C=O) groups excluding carboxylic acids is 1. The minimum Gasteiger partial charge on any atom is -0.391 e. The van der Waals surface area contributed by atoms with Gasteiger partial charge in [0.2, 0.25) is 0 Å². The molecule has 1 aromatic rings. The Bertz CT molecular complexity index is 484. The van der Waals surface area contributed by atoms with Crippen molar-refractivity contribution >= 4 is 23.3 Å². The summed E-state index contributed by atoms with van der Waals surface area (Å²) in [7, 11) is 0. The Morgan fingerprint density at radius 3 is 2.95 bits per heavy atom. The average Bonchev–Trinajstić information content (AvgIpc) is 2.37. The third-order valence-corrected chi connectivity index (χ3v) is 3.67. The van der Waals surface area contributed by atoms with E-state index in [1.54, 1.807) is 4.90 Å². The first-order chi connectivity index (χ1) is 8.97. The molecule has 1 saturated heterocycles. The first-order valence-corrected chi connectivity index (χ1v) is 6.54. The summed E-state index contributed by atoms with van der Waals surface area (Å²) < 4.78 is 13.0. The highest BCUT2D eigenvalue weighted by atomic mass is 35.5. The lowest BCUT2D eigenvalue weighted by atomic mass is 9.96. The van der Waals surface area contributed by atoms with Gasteiger partial charge in [0.15, 0.2) is 0 Å². The zero-order valence-corrected chi connectivity index (χ0v) is 11.3. The number of amides is 2. The number of hydrogen-bond acceptors (Lipinski definition) is 2. The van der Waals surface area contributed by atoms with Gasteiger partial charge in [-0.25, -0.2) is 9.18 Å². The normalized spacial score (nSPS) is 23.3. The van der Waals surface area contributed by atoms with E-state index >= 15 is 0 Å². The summed E-state index contributed by atoms with van der Waals surface area (Å²) in [6, 6.07) is 3.69. The number of halogens is 2. The van der Waals surface area contributed by atoms with Crippen molar-refractivity contribution in [3.63, 3.8) is 0 Å². The summed E-state index contributed by atoms with van der Waals surface area (Å²) >= 11 is 5.65. The standard InChI is InChI=1S/C13H16ClFN2O2/c1-8-4-5-17(7-12(8)18)13(19)16-9-2-3-11(15)10(14)6-9/h2-3,6,8,12,18H,4-5,7H2,1H3,(H,16,19). The van der Waals surface area contributed by atoms with E-state index in [0.29, 0.717) is 18.8 Å². The van der Waals surface area contributed by atoms with Crippen molar-refractivity contribution in [3.8, 4) is 0 Å². The van der Waals surface area contributed by atoms with Gasteiger partial charge >= 0.3 is 6.03 Å². The topological polar surface area (TPSA) is 52.6 Å². The average molecular weight is 287 g/mol. The number of hydrogen-bond donors (Lipinski definition) is 2. The molecule has 4 nitrogen and oxygen atoms in total. The van der Waals surface area contributed by atoms with Crippen molar-refractivity contribution in [2.24, 2.45) is 5.92 Å². The number of nitrogens with zero attached hydrogens (tertiary/aromatic N) is 1. The van der Waals surface area contributed by atoms with Crippen molar-refractivity contribution in [2.45, 2.75) is 19.4 Å². The van der Waals surface area contributed by atoms with Gasteiger partial charge in [-0.1, -0.05) is 18.5 Å². The first-order valence-electron chi connectivity index (χ1n) is 6.16. The highest BCUT2D eigenvalue weighted by Gasteiger charge is 2.27. The molecule has 1 aliphatic heterocycles. The summed E-state index contributed by atoms with van der Waals surface area (Å²) in [5, 5.41) is 12.4. The van der Waals surface area contributed by atoms with Gasteiger partial charge in [-0.3, -0.25) is 0 Å². The van der Waals surface area contributed by atoms with Crippen LogP contribution in [0.3, 0.4) is 0 Å². The molecule has 0 spiro atoms. The fraction of sp³-hybridized carbons (Fsp3) is 0.462. The number of aliphatic hydroxyl groups excluding tert-OH is 1. The quantitative estimate of drug-likeness (QED) is 0.834. The maximum absolute atomic E-state index is 13.0. The molecular weight excluding hydrogens is 271 g/mol. The molecule has 2 atom stereocenters. The Morgan fingerprint density at radius 1 is 1.58 bits per heavy atom. The number of urea groups is 1. The SMILES string of the molecule is CC1CCN(C(=O)Nc2ccc(F)c(Cl)c2)CC1O. The highest BCUT2D eigenvalue weighted by Crippen LogP contribution is 2.21. The molecule has 2 unspecified atom stereocenters. The highest BCUT2D eigenvalue weighted by molar-refractivity contribution is 6.31. The van der Waals surface area contributed by atoms with Gasteiger partial charge in [0.05, 0.1) is 11.1 Å². The molecule has 0 bridgehead atoms. The van der Waals surface area contributed by atoms with E-state index < -0.39 is 11.9 Å². The molecule has 104 valence electrons. The fourth-order valence-electron chi connectivity index (χ4n) is 2.01. The number of aliphatic hydroxyl groups is 1. The smallest absolute Gasteiger partial charge is 0.321 e. The molecule has 1 aromatic carbocycles. The van der Waals surface area contributed by atoms with Crippen LogP contribution in [-0.4, -0.2) is 35.2 Å². The number of nitrogens with one attached hydrogen (secondary N) is 1. The molecule has 1 fully saturated rings. The van der Waals surface area contributed by atoms with Crippen molar-refractivity contribution in [3.05, 3.63) is 29.0 Å². The lowest BCUT2D eigenvalue weighted by Gasteiger charge is -2.34. The maximum atomic E-state index is 13.0. The molecule has 0 saturated carbocycles. The van der Waals surface area contributed by atoms with Gasteiger partial charge in [0.1, 0.15) is 5.82 Å². The molecule has 2 N–H and O–H groups in total. The number of piperidine rings is 1. The van der Waals surface area contributed by atoms with Crippen LogP contribution in [0.15, 0.2) is 18.2 Å². The number of anilines is 1. The minimum atomic E-state index is -0.526. The molecule has 1 heterocycles. The van der Waals surface area contributed by atoms with E-state index in [1.165, 1.54) is 18.2 Å². The van der Waals surface area contributed by atoms with Gasteiger partial charge in [-0.15, -0.1) is 0 Å². The molecule has 1 aliphatic rings. The Morgan fingerprint density at radius 2 is 2.32 bits per heavy atom. The number of likely N-dealkylation sites (tertiary alicyclic amines) is 1. The minimum absolute atomic E-state index is 0.0369. The number of carbonyl (C=O) groups is 1. The maximum Gasteiger partial charge on any atom is 0.321 e. The van der Waals surface area contributed by atoms with Gasteiger partial charge in [0.25, 0.3) is 0 Å². The second kappa shape index (κ2) is 5.75. The van der Waals surface area contributed by atoms with Crippen LogP contribution in [0.25, 0.3) is 0 Å². The van der Waals surface area contributed by atoms with Crippen molar-refractivity contribution < 1.29 is 14.3 Å². The predicted octanol–water partition coefficient (Wildman–Crippen LogP) is 2.71. The Hall–Kier alpha value is -1.33. The number of β-amino-alcohol motifs (C(OH)–C–C–N with tert-alkyl or cyclic N) is 1. The van der Waals surface area contributed by atoms with Crippen LogP contribution >= 0.6 is 11.6 Å². The summed E-state index contributed by atoms with van der Waals surface area (Å²) in [5.41, 5.74) is 0.435. The number of rotatable bonds is 1. The zero-order chi connectivity index (χ0) is 14.0. The predicted molar refractivity (Wildman–Crippen MR) is 71.8 cm³/mol. The van der Waals surface area contributed by atoms with Crippen LogP contribution in [0.1, 0.15) is 13.3 Å². The van der Waals surface area contributed by atoms with Crippen molar-refractivity contribution in [1.29, 1.82) is 0 Å². The monoisotopic (exact) mass is 286 g/mol. The van der Waals surface area contributed by atoms with Crippen LogP contribution in [-0.2, 0) is 0 Å². The summed E-state index contributed by atoms with van der Waals surface area (Å²) in [6.07, 6.45) is 0.259. The van der Waals surface area contributed by atoms with Crippen LogP contribution < -0.4 is 5.32 Å². The van der Waals surface area contributed by atoms with Crippen LogP contribution in [0, 0.1) is 11.7 Å². The second-order valence-electron chi connectivity index (χ2n) is 4.84. The van der Waals surface area contributed by atoms with E-state index in [-0.39, 0.29) is 17.0 Å². The largest absolute Gasteiger partial charge is 0.391 e. The lowest BCUT2D eigenvalue weighted by Crippen LogP contribution is -2.47. The van der Waals surface area contributed by atoms with Gasteiger partial charge in [0, 0.05) is 18.8 Å². The second-order valence-corrected chi connectivity index (χ2v) is 5.25. The number of benzene rings is 1. The lowest BCUT2D eigenvalue weighted by molar-refractivity contribution is 0.0464. The summed E-state index contributed by atoms with van der Waals surface area (Å²) in [5.74, 6) is -0.328. The molecule has 2 amide bonds. The summed E-state index contributed by atoms with van der Waals surface area (Å²) in [6.45, 7) is 2.86. The Balaban J connectivity index is 1.99. The molecule has 0 radical (unpaired) electrons.